The lowest BCUT2D eigenvalue weighted by atomic mass is 9.91. The van der Waals surface area contributed by atoms with Gasteiger partial charge in [0.2, 0.25) is 10.0 Å². The summed E-state index contributed by atoms with van der Waals surface area (Å²) in [5.41, 5.74) is 7.24. The van der Waals surface area contributed by atoms with E-state index < -0.39 is 15.3 Å². The van der Waals surface area contributed by atoms with Crippen molar-refractivity contribution in [2.75, 3.05) is 19.8 Å². The summed E-state index contributed by atoms with van der Waals surface area (Å²) in [4.78, 5) is 0. The van der Waals surface area contributed by atoms with E-state index in [0.717, 1.165) is 17.9 Å². The van der Waals surface area contributed by atoms with Crippen LogP contribution in [-0.4, -0.2) is 45.5 Å². The molecule has 0 amide bonds. The summed E-state index contributed by atoms with van der Waals surface area (Å²) in [6, 6.07) is 5.91. The third-order valence-corrected chi connectivity index (χ3v) is 7.97. The third kappa shape index (κ3) is 4.08. The van der Waals surface area contributed by atoms with Crippen molar-refractivity contribution in [1.82, 2.24) is 15.6 Å². The van der Waals surface area contributed by atoms with E-state index in [2.05, 4.69) is 27.7 Å². The SMILES string of the molecule is CC1NNC(C)C1S(=O)(=O)NCCC(c1ccc2c(c1)OCCO2)C1CC1. The molecule has 2 aliphatic heterocycles. The van der Waals surface area contributed by atoms with Gasteiger partial charge in [0.15, 0.2) is 11.5 Å². The first-order valence-corrected chi connectivity index (χ1v) is 11.4. The number of hydrazine groups is 1. The Hall–Kier alpha value is -1.35. The Balaban J connectivity index is 1.41. The lowest BCUT2D eigenvalue weighted by Gasteiger charge is -2.23. The van der Waals surface area contributed by atoms with Crippen LogP contribution in [0.4, 0.5) is 0 Å². The van der Waals surface area contributed by atoms with Gasteiger partial charge in [0, 0.05) is 18.6 Å². The predicted molar refractivity (Wildman–Crippen MR) is 103 cm³/mol. The van der Waals surface area contributed by atoms with Crippen LogP contribution < -0.4 is 25.0 Å². The maximum absolute atomic E-state index is 12.7. The zero-order valence-corrected chi connectivity index (χ0v) is 16.7. The van der Waals surface area contributed by atoms with Crippen LogP contribution in [0.3, 0.4) is 0 Å². The molecule has 4 rings (SSSR count). The summed E-state index contributed by atoms with van der Waals surface area (Å²) in [5, 5.41) is -0.467. The number of hydrogen-bond acceptors (Lipinski definition) is 6. The van der Waals surface area contributed by atoms with Gasteiger partial charge < -0.3 is 9.47 Å². The molecule has 3 atom stereocenters. The molecule has 1 saturated heterocycles. The van der Waals surface area contributed by atoms with E-state index in [-0.39, 0.29) is 12.1 Å². The molecule has 7 nitrogen and oxygen atoms in total. The Morgan fingerprint density at radius 1 is 1.11 bits per heavy atom. The topological polar surface area (TPSA) is 88.7 Å². The van der Waals surface area contributed by atoms with Crippen molar-refractivity contribution in [1.29, 1.82) is 0 Å². The number of ether oxygens (including phenoxy) is 2. The van der Waals surface area contributed by atoms with E-state index in [1.807, 2.05) is 19.9 Å². The average molecular weight is 396 g/mol. The predicted octanol–water partition coefficient (Wildman–Crippen LogP) is 1.51. The second-order valence-electron chi connectivity index (χ2n) is 7.91. The first kappa shape index (κ1) is 19.0. The first-order chi connectivity index (χ1) is 13.0. The van der Waals surface area contributed by atoms with E-state index in [4.69, 9.17) is 9.47 Å². The van der Waals surface area contributed by atoms with Gasteiger partial charge in [-0.3, -0.25) is 10.9 Å². The molecular weight excluding hydrogens is 366 g/mol. The van der Waals surface area contributed by atoms with Crippen LogP contribution in [0.5, 0.6) is 11.5 Å². The maximum Gasteiger partial charge on any atom is 0.217 e. The molecule has 1 aliphatic carbocycles. The fraction of sp³-hybridized carbons (Fsp3) is 0.684. The highest BCUT2D eigenvalue weighted by Gasteiger charge is 2.40. The molecule has 1 aromatic rings. The van der Waals surface area contributed by atoms with Crippen molar-refractivity contribution in [2.24, 2.45) is 5.92 Å². The van der Waals surface area contributed by atoms with Gasteiger partial charge >= 0.3 is 0 Å². The number of rotatable bonds is 7. The molecule has 0 spiro atoms. The van der Waals surface area contributed by atoms with Crippen LogP contribution in [0.25, 0.3) is 0 Å². The van der Waals surface area contributed by atoms with Crippen molar-refractivity contribution in [3.05, 3.63) is 23.8 Å². The molecule has 27 heavy (non-hydrogen) atoms. The molecule has 150 valence electrons. The molecule has 2 heterocycles. The standard InChI is InChI=1S/C19H29N3O4S/c1-12-19(13(2)22-21-12)27(23,24)20-8-7-16(14-3-4-14)15-5-6-17-18(11-15)26-10-9-25-17/h5-6,11-14,16,19-22H,3-4,7-10H2,1-2H3. The number of fused-ring (bicyclic) bond motifs is 1. The summed E-state index contributed by atoms with van der Waals surface area (Å²) in [5.74, 6) is 2.57. The number of benzene rings is 1. The smallest absolute Gasteiger partial charge is 0.217 e. The number of sulfonamides is 1. The fourth-order valence-electron chi connectivity index (χ4n) is 4.31. The largest absolute Gasteiger partial charge is 0.486 e. The Morgan fingerprint density at radius 2 is 1.78 bits per heavy atom. The summed E-state index contributed by atoms with van der Waals surface area (Å²) >= 11 is 0. The molecule has 0 aromatic heterocycles. The Bertz CT molecular complexity index is 771. The monoisotopic (exact) mass is 395 g/mol. The minimum absolute atomic E-state index is 0.116. The third-order valence-electron chi connectivity index (χ3n) is 5.83. The van der Waals surface area contributed by atoms with Crippen LogP contribution >= 0.6 is 0 Å². The summed E-state index contributed by atoms with van der Waals surface area (Å²) < 4.78 is 39.6. The van der Waals surface area contributed by atoms with E-state index in [1.165, 1.54) is 18.4 Å². The Kier molecular flexibility index (Phi) is 5.33. The maximum atomic E-state index is 12.7. The minimum Gasteiger partial charge on any atom is -0.486 e. The van der Waals surface area contributed by atoms with E-state index >= 15 is 0 Å². The highest BCUT2D eigenvalue weighted by atomic mass is 32.2. The Labute approximate surface area is 161 Å². The highest BCUT2D eigenvalue weighted by molar-refractivity contribution is 7.90. The van der Waals surface area contributed by atoms with Crippen molar-refractivity contribution in [2.45, 2.75) is 56.4 Å². The van der Waals surface area contributed by atoms with Crippen LogP contribution in [0.1, 0.15) is 44.6 Å². The lowest BCUT2D eigenvalue weighted by Crippen LogP contribution is -2.45. The Morgan fingerprint density at radius 3 is 2.44 bits per heavy atom. The fourth-order valence-corrected chi connectivity index (χ4v) is 6.12. The van der Waals surface area contributed by atoms with Crippen LogP contribution in [0.2, 0.25) is 0 Å². The average Bonchev–Trinajstić information content (AvgIpc) is 3.42. The van der Waals surface area contributed by atoms with Crippen LogP contribution in [-0.2, 0) is 10.0 Å². The van der Waals surface area contributed by atoms with Crippen molar-refractivity contribution in [3.63, 3.8) is 0 Å². The molecule has 1 aromatic carbocycles. The number of hydrogen-bond donors (Lipinski definition) is 3. The van der Waals surface area contributed by atoms with E-state index in [0.29, 0.717) is 31.6 Å². The normalized spacial score (nSPS) is 28.9. The van der Waals surface area contributed by atoms with Gasteiger partial charge in [-0.1, -0.05) is 6.07 Å². The second kappa shape index (κ2) is 7.58. The molecule has 3 N–H and O–H groups in total. The molecule has 0 radical (unpaired) electrons. The molecule has 0 bridgehead atoms. The zero-order valence-electron chi connectivity index (χ0n) is 15.9. The molecule has 3 aliphatic rings. The lowest BCUT2D eigenvalue weighted by molar-refractivity contribution is 0.171. The van der Waals surface area contributed by atoms with Gasteiger partial charge in [0.25, 0.3) is 0 Å². The van der Waals surface area contributed by atoms with E-state index in [9.17, 15) is 8.42 Å². The second-order valence-corrected chi connectivity index (χ2v) is 9.83. The van der Waals surface area contributed by atoms with Crippen molar-refractivity contribution >= 4 is 10.0 Å². The summed E-state index contributed by atoms with van der Waals surface area (Å²) in [7, 11) is -3.38. The zero-order chi connectivity index (χ0) is 19.0. The van der Waals surface area contributed by atoms with Gasteiger partial charge in [-0.2, -0.15) is 0 Å². The molecule has 1 saturated carbocycles. The quantitative estimate of drug-likeness (QED) is 0.649. The van der Waals surface area contributed by atoms with Gasteiger partial charge in [0.05, 0.1) is 0 Å². The summed E-state index contributed by atoms with van der Waals surface area (Å²) in [6.07, 6.45) is 3.20. The summed E-state index contributed by atoms with van der Waals surface area (Å²) in [6.45, 7) is 5.39. The van der Waals surface area contributed by atoms with Gasteiger partial charge in [-0.05, 0) is 62.6 Å². The van der Waals surface area contributed by atoms with Gasteiger partial charge in [0.1, 0.15) is 18.5 Å². The molecule has 8 heteroatoms. The van der Waals surface area contributed by atoms with Crippen LogP contribution in [0, 0.1) is 5.92 Å². The molecular formula is C19H29N3O4S. The van der Waals surface area contributed by atoms with Crippen molar-refractivity contribution in [3.8, 4) is 11.5 Å². The molecule has 3 unspecified atom stereocenters. The van der Waals surface area contributed by atoms with E-state index in [1.54, 1.807) is 0 Å². The molecule has 2 fully saturated rings. The van der Waals surface area contributed by atoms with Gasteiger partial charge in [-0.25, -0.2) is 13.1 Å². The first-order valence-electron chi connectivity index (χ1n) is 9.85. The van der Waals surface area contributed by atoms with Gasteiger partial charge in [-0.15, -0.1) is 0 Å². The number of nitrogens with one attached hydrogen (secondary N) is 3. The van der Waals surface area contributed by atoms with Crippen LogP contribution in [0.15, 0.2) is 18.2 Å². The minimum atomic E-state index is -3.38. The highest BCUT2D eigenvalue weighted by Crippen LogP contribution is 2.46. The van der Waals surface area contributed by atoms with Crippen molar-refractivity contribution < 1.29 is 17.9 Å².